The number of morpholine rings is 1. The maximum Gasteiger partial charge on any atom is 0.163 e. The summed E-state index contributed by atoms with van der Waals surface area (Å²) < 4.78 is 22.2. The normalized spacial score (nSPS) is 14.5. The summed E-state index contributed by atoms with van der Waals surface area (Å²) in [7, 11) is 0. The molecule has 0 bridgehead atoms. The van der Waals surface area contributed by atoms with E-state index < -0.39 is 0 Å². The number of H-pyrrole nitrogens is 1. The second kappa shape index (κ2) is 7.42. The molecule has 1 aliphatic heterocycles. The molecule has 5 aromatic rings. The number of imidazole rings is 1. The largest absolute Gasteiger partial charge is 0.378 e. The standard InChI is InChI=1S/C24H21FN6O/c1-15-28-23-19(24-26-14-27-29-24)12-16(30-8-10-32-11-9-30)13-22(23)31(15)21-7-6-20(25)17-4-2-3-5-18(17)21/h2-7,12-14H,8-11H2,1H3,(H,26,27,29). The van der Waals surface area contributed by atoms with Gasteiger partial charge in [0, 0.05) is 35.1 Å². The van der Waals surface area contributed by atoms with Crippen molar-refractivity contribution in [1.29, 1.82) is 0 Å². The van der Waals surface area contributed by atoms with Gasteiger partial charge in [0.15, 0.2) is 5.82 Å². The maximum atomic E-state index is 14.5. The molecule has 3 aromatic carbocycles. The number of hydrogen-bond acceptors (Lipinski definition) is 5. The molecular formula is C24H21FN6O. The number of hydrogen-bond donors (Lipinski definition) is 1. The maximum absolute atomic E-state index is 14.5. The van der Waals surface area contributed by atoms with Crippen molar-refractivity contribution >= 4 is 27.5 Å². The molecule has 1 aliphatic rings. The highest BCUT2D eigenvalue weighted by atomic mass is 19.1. The van der Waals surface area contributed by atoms with E-state index in [9.17, 15) is 4.39 Å². The van der Waals surface area contributed by atoms with Crippen LogP contribution in [0.5, 0.6) is 0 Å². The highest BCUT2D eigenvalue weighted by molar-refractivity contribution is 5.98. The van der Waals surface area contributed by atoms with Gasteiger partial charge in [-0.3, -0.25) is 4.57 Å². The minimum atomic E-state index is -0.234. The summed E-state index contributed by atoms with van der Waals surface area (Å²) in [6.45, 7) is 4.98. The summed E-state index contributed by atoms with van der Waals surface area (Å²) in [6.07, 6.45) is 1.57. The number of benzene rings is 3. The van der Waals surface area contributed by atoms with E-state index >= 15 is 0 Å². The van der Waals surface area contributed by atoms with Crippen LogP contribution >= 0.6 is 0 Å². The van der Waals surface area contributed by atoms with Crippen LogP contribution in [-0.2, 0) is 4.74 Å². The number of anilines is 1. The Kier molecular flexibility index (Phi) is 4.39. The van der Waals surface area contributed by atoms with Gasteiger partial charge in [0.25, 0.3) is 0 Å². The molecule has 8 heteroatoms. The van der Waals surface area contributed by atoms with E-state index in [0.29, 0.717) is 24.4 Å². The van der Waals surface area contributed by atoms with Gasteiger partial charge in [-0.05, 0) is 31.2 Å². The Morgan fingerprint density at radius 1 is 1.03 bits per heavy atom. The molecule has 0 atom stereocenters. The lowest BCUT2D eigenvalue weighted by molar-refractivity contribution is 0.122. The van der Waals surface area contributed by atoms with Gasteiger partial charge in [-0.25, -0.2) is 9.37 Å². The van der Waals surface area contributed by atoms with E-state index in [4.69, 9.17) is 9.72 Å². The Morgan fingerprint density at radius 2 is 1.84 bits per heavy atom. The third-order valence-electron chi connectivity index (χ3n) is 6.05. The smallest absolute Gasteiger partial charge is 0.163 e. The monoisotopic (exact) mass is 428 g/mol. The minimum absolute atomic E-state index is 0.234. The van der Waals surface area contributed by atoms with Crippen LogP contribution in [0, 0.1) is 12.7 Å². The lowest BCUT2D eigenvalue weighted by atomic mass is 10.1. The van der Waals surface area contributed by atoms with Crippen molar-refractivity contribution in [2.45, 2.75) is 6.92 Å². The highest BCUT2D eigenvalue weighted by Gasteiger charge is 2.21. The average molecular weight is 428 g/mol. The van der Waals surface area contributed by atoms with Gasteiger partial charge in [-0.1, -0.05) is 24.3 Å². The number of aryl methyl sites for hydroxylation is 1. The van der Waals surface area contributed by atoms with Gasteiger partial charge in [-0.15, -0.1) is 10.2 Å². The molecule has 0 radical (unpaired) electrons. The molecular weight excluding hydrogens is 407 g/mol. The number of rotatable bonds is 3. The van der Waals surface area contributed by atoms with Crippen molar-refractivity contribution in [3.8, 4) is 17.1 Å². The van der Waals surface area contributed by atoms with Gasteiger partial charge in [0.1, 0.15) is 23.5 Å². The number of fused-ring (bicyclic) bond motifs is 2. The summed E-state index contributed by atoms with van der Waals surface area (Å²) in [4.78, 5) is 10.3. The predicted octanol–water partition coefficient (Wildman–Crippen LogP) is 4.25. The number of aromatic nitrogens is 5. The van der Waals surface area contributed by atoms with E-state index in [1.54, 1.807) is 6.33 Å². The first-order chi connectivity index (χ1) is 15.7. The van der Waals surface area contributed by atoms with Crippen molar-refractivity contribution < 1.29 is 9.13 Å². The molecule has 0 amide bonds. The number of ether oxygens (including phenoxy) is 1. The molecule has 7 nitrogen and oxygen atoms in total. The summed E-state index contributed by atoms with van der Waals surface area (Å²) in [5.74, 6) is 1.25. The van der Waals surface area contributed by atoms with Crippen LogP contribution in [0.25, 0.3) is 38.9 Å². The number of aromatic amines is 1. The SMILES string of the molecule is Cc1nc2c(-c3nnc[nH]3)cc(N3CCOCC3)cc2n1-c1ccc(F)c2ccccc12. The van der Waals surface area contributed by atoms with Crippen molar-refractivity contribution in [3.63, 3.8) is 0 Å². The Morgan fingerprint density at radius 3 is 2.62 bits per heavy atom. The molecule has 0 spiro atoms. The van der Waals surface area contributed by atoms with Crippen molar-refractivity contribution in [3.05, 3.63) is 66.5 Å². The molecule has 6 rings (SSSR count). The molecule has 0 saturated carbocycles. The van der Waals surface area contributed by atoms with E-state index in [2.05, 4.69) is 36.8 Å². The molecule has 3 heterocycles. The number of nitrogens with zero attached hydrogens (tertiary/aromatic N) is 5. The van der Waals surface area contributed by atoms with Gasteiger partial charge in [0.05, 0.1) is 24.4 Å². The zero-order valence-electron chi connectivity index (χ0n) is 17.5. The Hall–Kier alpha value is -3.78. The second-order valence-electron chi connectivity index (χ2n) is 7.90. The Bertz CT molecular complexity index is 1440. The zero-order valence-corrected chi connectivity index (χ0v) is 17.5. The van der Waals surface area contributed by atoms with Crippen molar-refractivity contribution in [2.75, 3.05) is 31.2 Å². The summed E-state index contributed by atoms with van der Waals surface area (Å²) >= 11 is 0. The van der Waals surface area contributed by atoms with Crippen LogP contribution in [0.4, 0.5) is 10.1 Å². The molecule has 1 saturated heterocycles. The van der Waals surface area contributed by atoms with Crippen LogP contribution in [0.15, 0.2) is 54.9 Å². The molecule has 0 aliphatic carbocycles. The quantitative estimate of drug-likeness (QED) is 0.465. The van der Waals surface area contributed by atoms with Crippen LogP contribution in [0.3, 0.4) is 0 Å². The molecule has 1 fully saturated rings. The Balaban J connectivity index is 1.66. The third kappa shape index (κ3) is 2.95. The van der Waals surface area contributed by atoms with Gasteiger partial charge >= 0.3 is 0 Å². The van der Waals surface area contributed by atoms with Crippen molar-refractivity contribution in [1.82, 2.24) is 24.7 Å². The van der Waals surface area contributed by atoms with E-state index in [0.717, 1.165) is 52.3 Å². The molecule has 160 valence electrons. The lowest BCUT2D eigenvalue weighted by Crippen LogP contribution is -2.36. The molecule has 32 heavy (non-hydrogen) atoms. The fraction of sp³-hybridized carbons (Fsp3) is 0.208. The number of nitrogens with one attached hydrogen (secondary N) is 1. The molecule has 2 aromatic heterocycles. The van der Waals surface area contributed by atoms with Gasteiger partial charge in [-0.2, -0.15) is 0 Å². The summed E-state index contributed by atoms with van der Waals surface area (Å²) in [5, 5.41) is 9.65. The van der Waals surface area contributed by atoms with Gasteiger partial charge < -0.3 is 14.6 Å². The van der Waals surface area contributed by atoms with Gasteiger partial charge in [0.2, 0.25) is 0 Å². The molecule has 0 unspecified atom stereocenters. The Labute approximate surface area is 183 Å². The van der Waals surface area contributed by atoms with Crippen molar-refractivity contribution in [2.24, 2.45) is 0 Å². The average Bonchev–Trinajstić information content (AvgIpc) is 3.47. The third-order valence-corrected chi connectivity index (χ3v) is 6.05. The second-order valence-corrected chi connectivity index (χ2v) is 7.90. The van der Waals surface area contributed by atoms with Crippen LogP contribution < -0.4 is 4.90 Å². The van der Waals surface area contributed by atoms with Crippen LogP contribution in [0.1, 0.15) is 5.82 Å². The predicted molar refractivity (Wildman–Crippen MR) is 122 cm³/mol. The van der Waals surface area contributed by atoms with E-state index in [1.165, 1.54) is 6.07 Å². The topological polar surface area (TPSA) is 71.9 Å². The fourth-order valence-electron chi connectivity index (χ4n) is 4.55. The summed E-state index contributed by atoms with van der Waals surface area (Å²) in [5.41, 5.74) is 4.61. The van der Waals surface area contributed by atoms with Crippen LogP contribution in [-0.4, -0.2) is 51.0 Å². The van der Waals surface area contributed by atoms with Crippen LogP contribution in [0.2, 0.25) is 0 Å². The van der Waals surface area contributed by atoms with E-state index in [1.807, 2.05) is 37.3 Å². The first-order valence-electron chi connectivity index (χ1n) is 10.6. The summed E-state index contributed by atoms with van der Waals surface area (Å²) in [6, 6.07) is 15.1. The zero-order chi connectivity index (χ0) is 21.7. The number of halogens is 1. The lowest BCUT2D eigenvalue weighted by Gasteiger charge is -2.29. The van der Waals surface area contributed by atoms with E-state index in [-0.39, 0.29) is 5.82 Å². The first-order valence-corrected chi connectivity index (χ1v) is 10.6. The molecule has 1 N–H and O–H groups in total. The first kappa shape index (κ1) is 18.9. The minimum Gasteiger partial charge on any atom is -0.378 e. The fourth-order valence-corrected chi connectivity index (χ4v) is 4.55. The highest BCUT2D eigenvalue weighted by Crippen LogP contribution is 2.35.